The Kier molecular flexibility index (Phi) is 6.38. The van der Waals surface area contributed by atoms with Crippen molar-refractivity contribution in [3.05, 3.63) is 50.8 Å². The lowest BCUT2D eigenvalue weighted by Crippen LogP contribution is -2.29. The van der Waals surface area contributed by atoms with Crippen LogP contribution in [0.25, 0.3) is 11.1 Å². The highest BCUT2D eigenvalue weighted by atomic mass is 35.5. The molecule has 5 nitrogen and oxygen atoms in total. The van der Waals surface area contributed by atoms with Crippen LogP contribution in [0.15, 0.2) is 18.2 Å². The van der Waals surface area contributed by atoms with E-state index in [0.29, 0.717) is 43.7 Å². The molecule has 2 N–H and O–H groups in total. The van der Waals surface area contributed by atoms with Crippen molar-refractivity contribution >= 4 is 29.1 Å². The number of nitrogens with two attached hydrogens (primary N) is 1. The average Bonchev–Trinajstić information content (AvgIpc) is 2.92. The molecular weight excluding hydrogens is 430 g/mol. The number of hydrogen-bond acceptors (Lipinski definition) is 4. The second kappa shape index (κ2) is 8.47. The summed E-state index contributed by atoms with van der Waals surface area (Å²) >= 11 is 12.4. The van der Waals surface area contributed by atoms with E-state index in [1.165, 1.54) is 4.90 Å². The van der Waals surface area contributed by atoms with Crippen LogP contribution in [-0.4, -0.2) is 41.7 Å². The number of pyridine rings is 1. The first-order valence-electron chi connectivity index (χ1n) is 8.74. The Bertz CT molecular complexity index is 951. The fraction of sp³-hybridized carbons (Fsp3) is 0.368. The summed E-state index contributed by atoms with van der Waals surface area (Å²) in [4.78, 5) is 18.9. The minimum absolute atomic E-state index is 0.00999. The largest absolute Gasteiger partial charge is 0.411 e. The van der Waals surface area contributed by atoms with Gasteiger partial charge in [0.25, 0.3) is 5.91 Å². The molecule has 1 aromatic heterocycles. The van der Waals surface area contributed by atoms with E-state index in [0.717, 1.165) is 0 Å². The Morgan fingerprint density at radius 3 is 2.62 bits per heavy atom. The highest BCUT2D eigenvalue weighted by Crippen LogP contribution is 2.39. The molecule has 3 rings (SSSR count). The molecule has 1 aliphatic rings. The number of fused-ring (bicyclic) bond motifs is 1. The van der Waals surface area contributed by atoms with Crippen molar-refractivity contribution in [3.8, 4) is 11.1 Å². The number of amides is 1. The van der Waals surface area contributed by atoms with Crippen LogP contribution in [-0.2, 0) is 17.8 Å². The SMILES string of the molecule is Cc1nc2c(c(-c3ccc(Cl)cc3Cl)c1CN)C(=O)N(CCOCC(F)(F)F)C2. The van der Waals surface area contributed by atoms with Crippen molar-refractivity contribution < 1.29 is 22.7 Å². The number of aryl methyl sites for hydroxylation is 1. The molecule has 0 spiro atoms. The topological polar surface area (TPSA) is 68.5 Å². The van der Waals surface area contributed by atoms with Crippen molar-refractivity contribution in [1.29, 1.82) is 0 Å². The van der Waals surface area contributed by atoms with E-state index in [1.54, 1.807) is 25.1 Å². The number of nitrogens with zero attached hydrogens (tertiary/aromatic N) is 2. The van der Waals surface area contributed by atoms with Crippen LogP contribution in [0.3, 0.4) is 0 Å². The van der Waals surface area contributed by atoms with Gasteiger partial charge in [-0.05, 0) is 24.6 Å². The van der Waals surface area contributed by atoms with E-state index in [-0.39, 0.29) is 32.1 Å². The Labute approximate surface area is 175 Å². The summed E-state index contributed by atoms with van der Waals surface area (Å²) in [5.74, 6) is -0.348. The van der Waals surface area contributed by atoms with E-state index < -0.39 is 12.8 Å². The molecule has 29 heavy (non-hydrogen) atoms. The second-order valence-electron chi connectivity index (χ2n) is 6.60. The van der Waals surface area contributed by atoms with Crippen LogP contribution < -0.4 is 5.73 Å². The number of carbonyl (C=O) groups is 1. The van der Waals surface area contributed by atoms with E-state index in [4.69, 9.17) is 28.9 Å². The first-order chi connectivity index (χ1) is 13.6. The summed E-state index contributed by atoms with van der Waals surface area (Å²) in [5.41, 5.74) is 9.33. The summed E-state index contributed by atoms with van der Waals surface area (Å²) in [7, 11) is 0. The second-order valence-corrected chi connectivity index (χ2v) is 7.44. The van der Waals surface area contributed by atoms with Gasteiger partial charge in [-0.2, -0.15) is 13.2 Å². The fourth-order valence-electron chi connectivity index (χ4n) is 3.34. The summed E-state index contributed by atoms with van der Waals surface area (Å²) in [5, 5.41) is 0.810. The maximum Gasteiger partial charge on any atom is 0.411 e. The number of hydrogen-bond donors (Lipinski definition) is 1. The molecule has 0 fully saturated rings. The molecular formula is C19H18Cl2F3N3O2. The van der Waals surface area contributed by atoms with Gasteiger partial charge in [0.15, 0.2) is 0 Å². The van der Waals surface area contributed by atoms with E-state index in [1.807, 2.05) is 0 Å². The van der Waals surface area contributed by atoms with Gasteiger partial charge in [0, 0.05) is 40.0 Å². The summed E-state index contributed by atoms with van der Waals surface area (Å²) in [6, 6.07) is 4.94. The highest BCUT2D eigenvalue weighted by Gasteiger charge is 2.34. The van der Waals surface area contributed by atoms with Gasteiger partial charge in [-0.3, -0.25) is 9.78 Å². The van der Waals surface area contributed by atoms with Crippen molar-refractivity contribution in [1.82, 2.24) is 9.88 Å². The van der Waals surface area contributed by atoms with Crippen molar-refractivity contribution in [2.75, 3.05) is 19.8 Å². The Balaban J connectivity index is 1.95. The van der Waals surface area contributed by atoms with E-state index >= 15 is 0 Å². The fourth-order valence-corrected chi connectivity index (χ4v) is 3.84. The molecule has 0 bridgehead atoms. The number of ether oxygens (including phenoxy) is 1. The van der Waals surface area contributed by atoms with Crippen LogP contribution in [0, 0.1) is 6.92 Å². The van der Waals surface area contributed by atoms with Gasteiger partial charge in [-0.15, -0.1) is 0 Å². The molecule has 2 aromatic rings. The number of aromatic nitrogens is 1. The van der Waals surface area contributed by atoms with Crippen LogP contribution in [0.2, 0.25) is 10.0 Å². The van der Waals surface area contributed by atoms with Crippen LogP contribution in [0.4, 0.5) is 13.2 Å². The quantitative estimate of drug-likeness (QED) is 0.668. The van der Waals surface area contributed by atoms with Gasteiger partial charge >= 0.3 is 6.18 Å². The lowest BCUT2D eigenvalue weighted by molar-refractivity contribution is -0.174. The molecule has 156 valence electrons. The summed E-state index contributed by atoms with van der Waals surface area (Å²) < 4.78 is 41.3. The molecule has 2 heterocycles. The lowest BCUT2D eigenvalue weighted by atomic mass is 9.93. The Morgan fingerprint density at radius 1 is 1.28 bits per heavy atom. The highest BCUT2D eigenvalue weighted by molar-refractivity contribution is 6.36. The zero-order chi connectivity index (χ0) is 21.3. The maximum atomic E-state index is 13.0. The van der Waals surface area contributed by atoms with Gasteiger partial charge in [0.2, 0.25) is 0 Å². The molecule has 1 amide bonds. The summed E-state index contributed by atoms with van der Waals surface area (Å²) in [6.07, 6.45) is -4.41. The standard InChI is InChI=1S/C19H18Cl2F3N3O2/c1-10-13(7-25)16(12-3-2-11(20)6-14(12)21)17-15(26-10)8-27(18(17)28)4-5-29-9-19(22,23)24/h2-3,6H,4-5,7-9,25H2,1H3. The van der Waals surface area contributed by atoms with Gasteiger partial charge in [-0.1, -0.05) is 29.3 Å². The van der Waals surface area contributed by atoms with Crippen LogP contribution in [0.1, 0.15) is 27.3 Å². The minimum atomic E-state index is -4.41. The van der Waals surface area contributed by atoms with Gasteiger partial charge in [0.05, 0.1) is 24.4 Å². The van der Waals surface area contributed by atoms with Crippen molar-refractivity contribution in [2.45, 2.75) is 26.2 Å². The molecule has 10 heteroatoms. The lowest BCUT2D eigenvalue weighted by Gasteiger charge is -2.17. The molecule has 0 unspecified atom stereocenters. The van der Waals surface area contributed by atoms with Gasteiger partial charge in [-0.25, -0.2) is 0 Å². The molecule has 0 aliphatic carbocycles. The smallest absolute Gasteiger partial charge is 0.370 e. The normalized spacial score (nSPS) is 13.9. The minimum Gasteiger partial charge on any atom is -0.370 e. The number of halogens is 5. The molecule has 0 radical (unpaired) electrons. The first-order valence-corrected chi connectivity index (χ1v) is 9.49. The maximum absolute atomic E-state index is 13.0. The number of carbonyl (C=O) groups excluding carboxylic acids is 1. The van der Waals surface area contributed by atoms with Crippen LogP contribution >= 0.6 is 23.2 Å². The number of rotatable bonds is 6. The predicted molar refractivity (Wildman–Crippen MR) is 104 cm³/mol. The molecule has 0 atom stereocenters. The van der Waals surface area contributed by atoms with Gasteiger partial charge in [0.1, 0.15) is 6.61 Å². The monoisotopic (exact) mass is 447 g/mol. The third-order valence-corrected chi connectivity index (χ3v) is 5.15. The number of benzene rings is 1. The molecule has 0 saturated carbocycles. The molecule has 1 aliphatic heterocycles. The zero-order valence-electron chi connectivity index (χ0n) is 15.4. The number of alkyl halides is 3. The average molecular weight is 448 g/mol. The van der Waals surface area contributed by atoms with Crippen molar-refractivity contribution in [2.24, 2.45) is 5.73 Å². The Hall–Kier alpha value is -1.87. The third-order valence-electron chi connectivity index (χ3n) is 4.60. The third kappa shape index (κ3) is 4.66. The van der Waals surface area contributed by atoms with Crippen molar-refractivity contribution in [3.63, 3.8) is 0 Å². The zero-order valence-corrected chi connectivity index (χ0v) is 17.0. The van der Waals surface area contributed by atoms with Crippen LogP contribution in [0.5, 0.6) is 0 Å². The van der Waals surface area contributed by atoms with E-state index in [9.17, 15) is 18.0 Å². The summed E-state index contributed by atoms with van der Waals surface area (Å²) in [6.45, 7) is 0.516. The predicted octanol–water partition coefficient (Wildman–Crippen LogP) is 4.36. The van der Waals surface area contributed by atoms with Gasteiger partial charge < -0.3 is 15.4 Å². The molecule has 1 aromatic carbocycles. The first kappa shape index (κ1) is 21.8. The molecule has 0 saturated heterocycles. The Morgan fingerprint density at radius 2 is 2.00 bits per heavy atom. The van der Waals surface area contributed by atoms with E-state index in [2.05, 4.69) is 9.72 Å².